The number of nitrogens with one attached hydrogen (secondary N) is 1. The van der Waals surface area contributed by atoms with Crippen molar-refractivity contribution in [3.63, 3.8) is 0 Å². The minimum atomic E-state index is -0.934. The number of carbonyl (C=O) groups excluding carboxylic acids is 1. The predicted molar refractivity (Wildman–Crippen MR) is 59.9 cm³/mol. The Morgan fingerprint density at radius 2 is 2.33 bits per heavy atom. The summed E-state index contributed by atoms with van der Waals surface area (Å²) >= 11 is 1.75. The van der Waals surface area contributed by atoms with Crippen LogP contribution in [-0.4, -0.2) is 34.5 Å². The lowest BCUT2D eigenvalue weighted by atomic mass is 10.1. The van der Waals surface area contributed by atoms with E-state index >= 15 is 0 Å². The second kappa shape index (κ2) is 6.00. The monoisotopic (exact) mass is 231 g/mol. The van der Waals surface area contributed by atoms with E-state index in [0.29, 0.717) is 6.42 Å². The Kier molecular flexibility index (Phi) is 4.94. The summed E-state index contributed by atoms with van der Waals surface area (Å²) in [6.45, 7) is 1.91. The highest BCUT2D eigenvalue weighted by Crippen LogP contribution is 2.23. The van der Waals surface area contributed by atoms with Crippen LogP contribution in [-0.2, 0) is 9.59 Å². The van der Waals surface area contributed by atoms with Gasteiger partial charge in [-0.05, 0) is 18.6 Å². The van der Waals surface area contributed by atoms with Gasteiger partial charge >= 0.3 is 5.97 Å². The van der Waals surface area contributed by atoms with E-state index in [1.54, 1.807) is 11.8 Å². The van der Waals surface area contributed by atoms with Gasteiger partial charge in [-0.15, -0.1) is 0 Å². The molecule has 1 saturated heterocycles. The molecule has 1 unspecified atom stereocenters. The van der Waals surface area contributed by atoms with Gasteiger partial charge in [0.25, 0.3) is 0 Å². The van der Waals surface area contributed by atoms with Gasteiger partial charge in [-0.25, -0.2) is 4.79 Å². The molecular weight excluding hydrogens is 214 g/mol. The average Bonchev–Trinajstić information content (AvgIpc) is 2.69. The number of hydrogen-bond donors (Lipinski definition) is 2. The number of rotatable bonds is 5. The molecule has 1 aliphatic rings. The second-order valence-electron chi connectivity index (χ2n) is 3.75. The van der Waals surface area contributed by atoms with E-state index in [-0.39, 0.29) is 11.8 Å². The van der Waals surface area contributed by atoms with E-state index < -0.39 is 12.0 Å². The van der Waals surface area contributed by atoms with Crippen LogP contribution >= 0.6 is 11.8 Å². The summed E-state index contributed by atoms with van der Waals surface area (Å²) in [5.41, 5.74) is 0. The number of thioether (sulfide) groups is 1. The lowest BCUT2D eigenvalue weighted by Crippen LogP contribution is -2.43. The average molecular weight is 231 g/mol. The van der Waals surface area contributed by atoms with Crippen LogP contribution in [0.4, 0.5) is 0 Å². The Bertz CT molecular complexity index is 239. The molecule has 1 rings (SSSR count). The van der Waals surface area contributed by atoms with Crippen LogP contribution in [0, 0.1) is 5.92 Å². The van der Waals surface area contributed by atoms with Crippen molar-refractivity contribution in [2.75, 3.05) is 11.5 Å². The molecule has 4 nitrogen and oxygen atoms in total. The topological polar surface area (TPSA) is 66.4 Å². The third-order valence-corrected chi connectivity index (χ3v) is 3.65. The zero-order chi connectivity index (χ0) is 11.3. The maximum Gasteiger partial charge on any atom is 0.326 e. The van der Waals surface area contributed by atoms with Gasteiger partial charge in [0, 0.05) is 11.7 Å². The molecule has 2 atom stereocenters. The van der Waals surface area contributed by atoms with E-state index in [1.165, 1.54) is 0 Å². The van der Waals surface area contributed by atoms with Crippen LogP contribution in [0.5, 0.6) is 0 Å². The van der Waals surface area contributed by atoms with Crippen molar-refractivity contribution in [3.8, 4) is 0 Å². The van der Waals surface area contributed by atoms with Crippen molar-refractivity contribution in [2.45, 2.75) is 32.2 Å². The first-order valence-electron chi connectivity index (χ1n) is 5.26. The van der Waals surface area contributed by atoms with Gasteiger partial charge in [-0.3, -0.25) is 4.79 Å². The van der Waals surface area contributed by atoms with Gasteiger partial charge in [0.2, 0.25) is 5.91 Å². The number of amides is 1. The molecule has 0 radical (unpaired) electrons. The largest absolute Gasteiger partial charge is 0.480 e. The number of carboxylic acids is 1. The Morgan fingerprint density at radius 1 is 1.60 bits per heavy atom. The standard InChI is InChI=1S/C10H17NO3S/c1-2-3-8(10(13)14)11-9(12)7-4-5-15-6-7/h7-8H,2-6H2,1H3,(H,11,12)(H,13,14)/t7?,8-/m1/s1. The lowest BCUT2D eigenvalue weighted by Gasteiger charge is -2.16. The molecular formula is C10H17NO3S. The van der Waals surface area contributed by atoms with E-state index in [4.69, 9.17) is 5.11 Å². The first-order valence-corrected chi connectivity index (χ1v) is 6.41. The van der Waals surface area contributed by atoms with Gasteiger partial charge in [0.05, 0.1) is 0 Å². The van der Waals surface area contributed by atoms with Crippen LogP contribution in [0.15, 0.2) is 0 Å². The van der Waals surface area contributed by atoms with Crippen molar-refractivity contribution in [3.05, 3.63) is 0 Å². The lowest BCUT2D eigenvalue weighted by molar-refractivity contribution is -0.142. The molecule has 0 aromatic rings. The number of carbonyl (C=O) groups is 2. The molecule has 0 spiro atoms. The third kappa shape index (κ3) is 3.74. The van der Waals surface area contributed by atoms with Crippen LogP contribution in [0.1, 0.15) is 26.2 Å². The molecule has 1 heterocycles. The van der Waals surface area contributed by atoms with Gasteiger partial charge in [-0.1, -0.05) is 13.3 Å². The zero-order valence-corrected chi connectivity index (χ0v) is 9.68. The summed E-state index contributed by atoms with van der Waals surface area (Å²) < 4.78 is 0. The predicted octanol–water partition coefficient (Wildman–Crippen LogP) is 1.11. The Balaban J connectivity index is 2.42. The number of aliphatic carboxylic acids is 1. The first-order chi connectivity index (χ1) is 7.15. The first kappa shape index (κ1) is 12.4. The van der Waals surface area contributed by atoms with Crippen molar-refractivity contribution in [1.82, 2.24) is 5.32 Å². The molecule has 0 saturated carbocycles. The highest BCUT2D eigenvalue weighted by atomic mass is 32.2. The summed E-state index contributed by atoms with van der Waals surface area (Å²) in [4.78, 5) is 22.5. The molecule has 1 amide bonds. The van der Waals surface area contributed by atoms with Gasteiger partial charge in [0.1, 0.15) is 6.04 Å². The Labute approximate surface area is 93.8 Å². The van der Waals surface area contributed by atoms with Crippen LogP contribution < -0.4 is 5.32 Å². The summed E-state index contributed by atoms with van der Waals surface area (Å²) in [7, 11) is 0. The van der Waals surface area contributed by atoms with Crippen LogP contribution in [0.3, 0.4) is 0 Å². The molecule has 5 heteroatoms. The van der Waals surface area contributed by atoms with Crippen molar-refractivity contribution in [2.24, 2.45) is 5.92 Å². The van der Waals surface area contributed by atoms with Crippen molar-refractivity contribution >= 4 is 23.6 Å². The molecule has 0 aromatic carbocycles. The summed E-state index contributed by atoms with van der Waals surface area (Å²) in [6.07, 6.45) is 2.13. The van der Waals surface area contributed by atoms with Crippen LogP contribution in [0.25, 0.3) is 0 Å². The molecule has 0 bridgehead atoms. The molecule has 2 N–H and O–H groups in total. The fraction of sp³-hybridized carbons (Fsp3) is 0.800. The van der Waals surface area contributed by atoms with Gasteiger partial charge in [0.15, 0.2) is 0 Å². The Morgan fingerprint density at radius 3 is 2.80 bits per heavy atom. The third-order valence-electron chi connectivity index (χ3n) is 2.49. The van der Waals surface area contributed by atoms with Gasteiger partial charge in [-0.2, -0.15) is 11.8 Å². The van der Waals surface area contributed by atoms with Crippen LogP contribution in [0.2, 0.25) is 0 Å². The number of hydrogen-bond acceptors (Lipinski definition) is 3. The fourth-order valence-electron chi connectivity index (χ4n) is 1.58. The maximum absolute atomic E-state index is 11.6. The zero-order valence-electron chi connectivity index (χ0n) is 8.86. The molecule has 0 aromatic heterocycles. The molecule has 1 aliphatic heterocycles. The van der Waals surface area contributed by atoms with E-state index in [2.05, 4.69) is 5.32 Å². The number of carboxylic acid groups (broad SMARTS) is 1. The highest BCUT2D eigenvalue weighted by Gasteiger charge is 2.27. The summed E-state index contributed by atoms with van der Waals surface area (Å²) in [5.74, 6) is 0.805. The van der Waals surface area contributed by atoms with Crippen molar-refractivity contribution < 1.29 is 14.7 Å². The normalized spacial score (nSPS) is 22.3. The quantitative estimate of drug-likeness (QED) is 0.744. The fourth-order valence-corrected chi connectivity index (χ4v) is 2.80. The second-order valence-corrected chi connectivity index (χ2v) is 4.90. The summed E-state index contributed by atoms with van der Waals surface area (Å²) in [6, 6.07) is -0.715. The van der Waals surface area contributed by atoms with E-state index in [1.807, 2.05) is 6.92 Å². The van der Waals surface area contributed by atoms with Crippen molar-refractivity contribution in [1.29, 1.82) is 0 Å². The molecule has 86 valence electrons. The van der Waals surface area contributed by atoms with Gasteiger partial charge < -0.3 is 10.4 Å². The molecule has 0 aliphatic carbocycles. The Hall–Kier alpha value is -0.710. The molecule has 15 heavy (non-hydrogen) atoms. The summed E-state index contributed by atoms with van der Waals surface area (Å²) in [5, 5.41) is 11.5. The minimum absolute atomic E-state index is 0.00806. The minimum Gasteiger partial charge on any atom is -0.480 e. The SMILES string of the molecule is CCC[C@@H](NC(=O)C1CCSC1)C(=O)O. The maximum atomic E-state index is 11.6. The van der Waals surface area contributed by atoms with E-state index in [9.17, 15) is 9.59 Å². The van der Waals surface area contributed by atoms with E-state index in [0.717, 1.165) is 24.3 Å². The molecule has 1 fully saturated rings. The smallest absolute Gasteiger partial charge is 0.326 e. The highest BCUT2D eigenvalue weighted by molar-refractivity contribution is 7.99.